The molecule has 4 rings (SSSR count). The first-order valence-corrected chi connectivity index (χ1v) is 14.7. The van der Waals surface area contributed by atoms with Crippen LogP contribution in [0.25, 0.3) is 0 Å². The van der Waals surface area contributed by atoms with Crippen molar-refractivity contribution < 1.29 is 31.1 Å². The van der Waals surface area contributed by atoms with E-state index in [4.69, 9.17) is 9.47 Å². The van der Waals surface area contributed by atoms with E-state index in [1.54, 1.807) is 31.2 Å². The second kappa shape index (κ2) is 11.3. The van der Waals surface area contributed by atoms with Crippen molar-refractivity contribution in [1.29, 1.82) is 0 Å². The molecule has 2 fully saturated rings. The summed E-state index contributed by atoms with van der Waals surface area (Å²) in [4.78, 5) is 12.7. The van der Waals surface area contributed by atoms with Crippen LogP contribution in [0.5, 0.6) is 5.75 Å². The van der Waals surface area contributed by atoms with E-state index in [1.165, 1.54) is 26.8 Å². The second-order valence-electron chi connectivity index (χ2n) is 8.76. The number of hydrogen-bond donors (Lipinski definition) is 1. The summed E-state index contributed by atoms with van der Waals surface area (Å²) in [7, 11) is -7.08. The Balaban J connectivity index is 1.28. The van der Waals surface area contributed by atoms with Gasteiger partial charge < -0.3 is 14.8 Å². The molecule has 2 aromatic rings. The molecule has 1 amide bonds. The largest absolute Gasteiger partial charge is 0.484 e. The molecule has 2 heterocycles. The first kappa shape index (κ1) is 26.6. The third-order valence-electron chi connectivity index (χ3n) is 6.23. The van der Waals surface area contributed by atoms with Crippen molar-refractivity contribution >= 4 is 26.0 Å². The van der Waals surface area contributed by atoms with E-state index < -0.39 is 20.0 Å². The molecule has 2 saturated heterocycles. The Labute approximate surface area is 212 Å². The fourth-order valence-electron chi connectivity index (χ4n) is 4.13. The maximum Gasteiger partial charge on any atom is 0.258 e. The van der Waals surface area contributed by atoms with Crippen LogP contribution in [0.4, 0.5) is 0 Å². The minimum Gasteiger partial charge on any atom is -0.484 e. The van der Waals surface area contributed by atoms with E-state index in [0.717, 1.165) is 18.4 Å². The van der Waals surface area contributed by atoms with E-state index in [0.29, 0.717) is 50.7 Å². The molecular formula is C24H31N3O7S2. The fraction of sp³-hybridized carbons (Fsp3) is 0.458. The van der Waals surface area contributed by atoms with Gasteiger partial charge in [0, 0.05) is 32.7 Å². The Hall–Kier alpha value is -2.51. The van der Waals surface area contributed by atoms with Crippen LogP contribution in [0.1, 0.15) is 24.0 Å². The van der Waals surface area contributed by atoms with Crippen LogP contribution in [0.15, 0.2) is 52.3 Å². The zero-order valence-corrected chi connectivity index (χ0v) is 21.8. The number of aryl methyl sites for hydroxylation is 1. The maximum absolute atomic E-state index is 12.7. The smallest absolute Gasteiger partial charge is 0.258 e. The lowest BCUT2D eigenvalue weighted by atomic mass is 10.2. The Bertz CT molecular complexity index is 1280. The number of benzene rings is 2. The van der Waals surface area contributed by atoms with Crippen molar-refractivity contribution in [2.45, 2.75) is 36.1 Å². The molecule has 2 aliphatic rings. The zero-order valence-electron chi connectivity index (χ0n) is 20.2. The molecule has 0 aliphatic carbocycles. The molecule has 0 unspecified atom stereocenters. The van der Waals surface area contributed by atoms with Crippen LogP contribution in [0, 0.1) is 6.92 Å². The van der Waals surface area contributed by atoms with Gasteiger partial charge in [-0.15, -0.1) is 0 Å². The van der Waals surface area contributed by atoms with Crippen molar-refractivity contribution in [1.82, 2.24) is 13.9 Å². The van der Waals surface area contributed by atoms with Crippen molar-refractivity contribution in [2.24, 2.45) is 0 Å². The molecule has 2 aliphatic heterocycles. The van der Waals surface area contributed by atoms with E-state index >= 15 is 0 Å². The Morgan fingerprint density at radius 2 is 1.47 bits per heavy atom. The summed E-state index contributed by atoms with van der Waals surface area (Å²) in [5.74, 6) is 0.0800. The monoisotopic (exact) mass is 537 g/mol. The van der Waals surface area contributed by atoms with E-state index in [1.807, 2.05) is 0 Å². The average molecular weight is 538 g/mol. The lowest BCUT2D eigenvalue weighted by Gasteiger charge is -2.26. The topological polar surface area (TPSA) is 122 Å². The number of carbonyl (C=O) groups is 1. The van der Waals surface area contributed by atoms with Crippen LogP contribution in [-0.4, -0.2) is 77.4 Å². The molecule has 2 aromatic carbocycles. The van der Waals surface area contributed by atoms with Gasteiger partial charge in [-0.05, 0) is 61.2 Å². The number of morpholine rings is 1. The van der Waals surface area contributed by atoms with Gasteiger partial charge in [0.2, 0.25) is 20.0 Å². The molecular weight excluding hydrogens is 506 g/mol. The van der Waals surface area contributed by atoms with Crippen molar-refractivity contribution in [3.05, 3.63) is 53.6 Å². The summed E-state index contributed by atoms with van der Waals surface area (Å²) >= 11 is 0. The summed E-state index contributed by atoms with van der Waals surface area (Å²) in [6.45, 7) is 4.21. The molecule has 0 spiro atoms. The van der Waals surface area contributed by atoms with E-state index in [9.17, 15) is 21.6 Å². The molecule has 0 bridgehead atoms. The molecule has 0 atom stereocenters. The maximum atomic E-state index is 12.7. The van der Waals surface area contributed by atoms with Crippen molar-refractivity contribution in [3.8, 4) is 5.75 Å². The van der Waals surface area contributed by atoms with Crippen LogP contribution in [-0.2, 0) is 36.1 Å². The fourth-order valence-corrected chi connectivity index (χ4v) is 7.14. The highest BCUT2D eigenvalue weighted by molar-refractivity contribution is 7.89. The number of carbonyl (C=O) groups excluding carboxylic acids is 1. The third-order valence-corrected chi connectivity index (χ3v) is 10.0. The normalized spacial score (nSPS) is 17.7. The second-order valence-corrected chi connectivity index (χ2v) is 12.6. The van der Waals surface area contributed by atoms with Gasteiger partial charge in [0.1, 0.15) is 5.75 Å². The number of hydrogen-bond acceptors (Lipinski definition) is 7. The molecule has 12 heteroatoms. The zero-order chi connectivity index (χ0) is 25.8. The molecule has 0 radical (unpaired) electrons. The Morgan fingerprint density at radius 3 is 2.11 bits per heavy atom. The molecule has 1 N–H and O–H groups in total. The Kier molecular flexibility index (Phi) is 8.30. The first-order chi connectivity index (χ1) is 17.2. The van der Waals surface area contributed by atoms with Gasteiger partial charge in [0.05, 0.1) is 23.0 Å². The van der Waals surface area contributed by atoms with Gasteiger partial charge in [-0.3, -0.25) is 4.79 Å². The summed E-state index contributed by atoms with van der Waals surface area (Å²) in [6, 6.07) is 11.0. The van der Waals surface area contributed by atoms with Crippen LogP contribution in [0.3, 0.4) is 0 Å². The number of nitrogens with zero attached hydrogens (tertiary/aromatic N) is 2. The number of amides is 1. The van der Waals surface area contributed by atoms with Gasteiger partial charge >= 0.3 is 0 Å². The Morgan fingerprint density at radius 1 is 0.889 bits per heavy atom. The minimum absolute atomic E-state index is 0.202. The molecule has 0 aromatic heterocycles. The number of ether oxygens (including phenoxy) is 2. The van der Waals surface area contributed by atoms with Crippen LogP contribution in [0.2, 0.25) is 0 Å². The number of sulfonamides is 2. The summed E-state index contributed by atoms with van der Waals surface area (Å²) < 4.78 is 64.5. The SMILES string of the molecule is Cc1cc(S(=O)(=O)N2CCCC2)ccc1OCC(=O)NCc1ccc(S(=O)(=O)N2CCOCC2)cc1. The highest BCUT2D eigenvalue weighted by Gasteiger charge is 2.28. The van der Waals surface area contributed by atoms with Crippen LogP contribution >= 0.6 is 0 Å². The highest BCUT2D eigenvalue weighted by atomic mass is 32.2. The summed E-state index contributed by atoms with van der Waals surface area (Å²) in [5, 5.41) is 2.74. The van der Waals surface area contributed by atoms with Gasteiger partial charge in [-0.25, -0.2) is 16.8 Å². The molecule has 36 heavy (non-hydrogen) atoms. The molecule has 10 nitrogen and oxygen atoms in total. The highest BCUT2D eigenvalue weighted by Crippen LogP contribution is 2.26. The lowest BCUT2D eigenvalue weighted by molar-refractivity contribution is -0.123. The summed E-state index contributed by atoms with van der Waals surface area (Å²) in [5.41, 5.74) is 1.37. The standard InChI is InChI=1S/C24H31N3O7S2/c1-19-16-22(36(31,32)26-10-2-3-11-26)8-9-23(19)34-18-24(28)25-17-20-4-6-21(7-5-20)35(29,30)27-12-14-33-15-13-27/h4-9,16H,2-3,10-15,17-18H2,1H3,(H,25,28). The van der Waals surface area contributed by atoms with Gasteiger partial charge in [-0.2, -0.15) is 8.61 Å². The van der Waals surface area contributed by atoms with Gasteiger partial charge in [-0.1, -0.05) is 12.1 Å². The summed E-state index contributed by atoms with van der Waals surface area (Å²) in [6.07, 6.45) is 1.73. The van der Waals surface area contributed by atoms with Crippen molar-refractivity contribution in [3.63, 3.8) is 0 Å². The van der Waals surface area contributed by atoms with E-state index in [-0.39, 0.29) is 28.8 Å². The van der Waals surface area contributed by atoms with Gasteiger partial charge in [0.15, 0.2) is 6.61 Å². The van der Waals surface area contributed by atoms with Crippen LogP contribution < -0.4 is 10.1 Å². The van der Waals surface area contributed by atoms with Crippen molar-refractivity contribution in [2.75, 3.05) is 46.0 Å². The van der Waals surface area contributed by atoms with E-state index in [2.05, 4.69) is 5.32 Å². The molecule has 0 saturated carbocycles. The third kappa shape index (κ3) is 6.06. The first-order valence-electron chi connectivity index (χ1n) is 11.8. The predicted molar refractivity (Wildman–Crippen MR) is 133 cm³/mol. The minimum atomic E-state index is -3.57. The number of nitrogens with one attached hydrogen (secondary N) is 1. The van der Waals surface area contributed by atoms with Gasteiger partial charge in [0.25, 0.3) is 5.91 Å². The number of rotatable bonds is 9. The average Bonchev–Trinajstić information content (AvgIpc) is 3.44. The molecule has 196 valence electrons. The predicted octanol–water partition coefficient (Wildman–Crippen LogP) is 1.50. The quantitative estimate of drug-likeness (QED) is 0.514. The lowest BCUT2D eigenvalue weighted by Crippen LogP contribution is -2.40.